The maximum Gasteiger partial charge on any atom is 0.336 e. The van der Waals surface area contributed by atoms with Crippen molar-refractivity contribution < 1.29 is 19.8 Å². The molecule has 0 aliphatic carbocycles. The van der Waals surface area contributed by atoms with Crippen molar-refractivity contribution in [2.45, 2.75) is 13.8 Å². The van der Waals surface area contributed by atoms with Crippen LogP contribution in [0.2, 0.25) is 0 Å². The zero-order chi connectivity index (χ0) is 16.3. The average molecular weight is 295 g/mol. The van der Waals surface area contributed by atoms with Gasteiger partial charge in [-0.05, 0) is 37.6 Å². The normalized spacial score (nSPS) is 10.8. The molecule has 22 heavy (non-hydrogen) atoms. The van der Waals surface area contributed by atoms with E-state index in [0.29, 0.717) is 11.1 Å². The van der Waals surface area contributed by atoms with E-state index >= 15 is 0 Å². The Hall–Kier alpha value is -2.88. The highest BCUT2D eigenvalue weighted by Crippen LogP contribution is 2.22. The lowest BCUT2D eigenvalue weighted by Crippen LogP contribution is -2.05. The van der Waals surface area contributed by atoms with Gasteiger partial charge < -0.3 is 10.2 Å². The molecule has 0 saturated heterocycles. The summed E-state index contributed by atoms with van der Waals surface area (Å²) in [5.41, 5.74) is 1.97. The van der Waals surface area contributed by atoms with E-state index in [9.17, 15) is 14.7 Å². The zero-order valence-corrected chi connectivity index (χ0v) is 12.3. The Morgan fingerprint density at radius 3 is 2.45 bits per heavy atom. The standard InChI is InChI=1S/C18H16O4/c1-11-9-12(2)17(20)15(10-11)16(19)8-7-13-5-3-4-6-14(13)18(21)22/h3-10,20H,1-2H3,(H,21,22)/p-1/b8-7+. The van der Waals surface area contributed by atoms with Crippen LogP contribution < -0.4 is 5.11 Å². The first kappa shape index (κ1) is 15.5. The van der Waals surface area contributed by atoms with Crippen molar-refractivity contribution in [3.63, 3.8) is 0 Å². The van der Waals surface area contributed by atoms with Crippen LogP contribution in [0.3, 0.4) is 0 Å². The number of carboxylic acids is 1. The number of hydrogen-bond donors (Lipinski definition) is 1. The van der Waals surface area contributed by atoms with Crippen molar-refractivity contribution in [1.29, 1.82) is 0 Å². The van der Waals surface area contributed by atoms with E-state index in [-0.39, 0.29) is 16.9 Å². The summed E-state index contributed by atoms with van der Waals surface area (Å²) in [4.78, 5) is 23.3. The molecule has 2 aromatic rings. The summed E-state index contributed by atoms with van der Waals surface area (Å²) in [6, 6.07) is 9.64. The molecule has 0 aliphatic heterocycles. The number of ketones is 1. The van der Waals surface area contributed by atoms with Crippen LogP contribution in [0.25, 0.3) is 6.08 Å². The molecule has 0 unspecified atom stereocenters. The number of carbonyl (C=O) groups excluding carboxylic acids is 1. The maximum absolute atomic E-state index is 12.2. The van der Waals surface area contributed by atoms with Crippen LogP contribution in [-0.2, 0) is 0 Å². The minimum Gasteiger partial charge on any atom is -0.872 e. The number of allylic oxidation sites excluding steroid dienone is 1. The Bertz CT molecular complexity index is 773. The summed E-state index contributed by atoms with van der Waals surface area (Å²) < 4.78 is 0. The molecular weight excluding hydrogens is 280 g/mol. The summed E-state index contributed by atoms with van der Waals surface area (Å²) in [6.07, 6.45) is 2.65. The summed E-state index contributed by atoms with van der Waals surface area (Å²) >= 11 is 0. The van der Waals surface area contributed by atoms with Crippen LogP contribution in [0.5, 0.6) is 5.75 Å². The second-order valence-corrected chi connectivity index (χ2v) is 5.05. The van der Waals surface area contributed by atoms with Crippen molar-refractivity contribution in [1.82, 2.24) is 0 Å². The van der Waals surface area contributed by atoms with Crippen LogP contribution in [0, 0.1) is 13.8 Å². The molecule has 4 nitrogen and oxygen atoms in total. The lowest BCUT2D eigenvalue weighted by molar-refractivity contribution is -0.269. The predicted octanol–water partition coefficient (Wildman–Crippen LogP) is 2.97. The van der Waals surface area contributed by atoms with Gasteiger partial charge in [0.2, 0.25) is 0 Å². The topological polar surface area (TPSA) is 77.4 Å². The van der Waals surface area contributed by atoms with E-state index in [1.165, 1.54) is 18.2 Å². The highest BCUT2D eigenvalue weighted by molar-refractivity contribution is 6.09. The molecule has 0 spiro atoms. The Morgan fingerprint density at radius 1 is 1.09 bits per heavy atom. The van der Waals surface area contributed by atoms with E-state index in [1.54, 1.807) is 37.3 Å². The number of hydrogen-bond acceptors (Lipinski definition) is 3. The van der Waals surface area contributed by atoms with Gasteiger partial charge in [0, 0.05) is 5.56 Å². The van der Waals surface area contributed by atoms with Gasteiger partial charge in [-0.1, -0.05) is 47.2 Å². The van der Waals surface area contributed by atoms with Crippen LogP contribution in [-0.4, -0.2) is 16.9 Å². The number of aromatic carboxylic acids is 1. The molecule has 0 atom stereocenters. The zero-order valence-electron chi connectivity index (χ0n) is 12.3. The van der Waals surface area contributed by atoms with E-state index in [0.717, 1.165) is 5.56 Å². The second-order valence-electron chi connectivity index (χ2n) is 5.05. The van der Waals surface area contributed by atoms with E-state index < -0.39 is 11.8 Å². The summed E-state index contributed by atoms with van der Waals surface area (Å²) in [6.45, 7) is 3.47. The molecule has 0 heterocycles. The van der Waals surface area contributed by atoms with Gasteiger partial charge >= 0.3 is 5.97 Å². The van der Waals surface area contributed by atoms with Crippen LogP contribution in [0.1, 0.15) is 37.4 Å². The SMILES string of the molecule is Cc1cc(C)c([O-])c(C(=O)/C=C/c2ccccc2C(=O)O)c1. The monoisotopic (exact) mass is 295 g/mol. The van der Waals surface area contributed by atoms with Gasteiger partial charge in [0.05, 0.1) is 5.56 Å². The highest BCUT2D eigenvalue weighted by atomic mass is 16.4. The highest BCUT2D eigenvalue weighted by Gasteiger charge is 2.09. The molecule has 0 radical (unpaired) electrons. The van der Waals surface area contributed by atoms with E-state index in [1.807, 2.05) is 6.92 Å². The van der Waals surface area contributed by atoms with Gasteiger partial charge in [-0.3, -0.25) is 4.79 Å². The summed E-state index contributed by atoms with van der Waals surface area (Å²) in [5, 5.41) is 21.1. The lowest BCUT2D eigenvalue weighted by Gasteiger charge is -2.15. The smallest absolute Gasteiger partial charge is 0.336 e. The predicted molar refractivity (Wildman–Crippen MR) is 82.1 cm³/mol. The molecule has 1 N–H and O–H groups in total. The van der Waals surface area contributed by atoms with E-state index in [2.05, 4.69) is 0 Å². The molecule has 2 rings (SSSR count). The largest absolute Gasteiger partial charge is 0.872 e. The Kier molecular flexibility index (Phi) is 4.41. The molecule has 2 aromatic carbocycles. The van der Waals surface area contributed by atoms with Crippen LogP contribution in [0.4, 0.5) is 0 Å². The van der Waals surface area contributed by atoms with Gasteiger partial charge in [-0.2, -0.15) is 0 Å². The van der Waals surface area contributed by atoms with Crippen molar-refractivity contribution >= 4 is 17.8 Å². The fourth-order valence-corrected chi connectivity index (χ4v) is 2.23. The molecular formula is C18H15O4-. The number of aryl methyl sites for hydroxylation is 2. The third-order valence-corrected chi connectivity index (χ3v) is 3.29. The maximum atomic E-state index is 12.2. The van der Waals surface area contributed by atoms with Crippen LogP contribution in [0.15, 0.2) is 42.5 Å². The number of carbonyl (C=O) groups is 2. The third kappa shape index (κ3) is 3.23. The number of benzene rings is 2. The van der Waals surface area contributed by atoms with Crippen molar-refractivity contribution in [3.05, 3.63) is 70.3 Å². The fourth-order valence-electron chi connectivity index (χ4n) is 2.23. The Morgan fingerprint density at radius 2 is 1.77 bits per heavy atom. The number of carboxylic acid groups (broad SMARTS) is 1. The first-order chi connectivity index (χ1) is 10.4. The quantitative estimate of drug-likeness (QED) is 0.695. The molecule has 0 aromatic heterocycles. The fraction of sp³-hybridized carbons (Fsp3) is 0.111. The molecule has 0 fully saturated rings. The van der Waals surface area contributed by atoms with Gasteiger partial charge in [-0.15, -0.1) is 0 Å². The first-order valence-electron chi connectivity index (χ1n) is 6.73. The van der Waals surface area contributed by atoms with Gasteiger partial charge in [0.15, 0.2) is 5.78 Å². The summed E-state index contributed by atoms with van der Waals surface area (Å²) in [5.74, 6) is -1.80. The van der Waals surface area contributed by atoms with Gasteiger partial charge in [0.1, 0.15) is 0 Å². The van der Waals surface area contributed by atoms with Crippen molar-refractivity contribution in [2.75, 3.05) is 0 Å². The first-order valence-corrected chi connectivity index (χ1v) is 6.73. The summed E-state index contributed by atoms with van der Waals surface area (Å²) in [7, 11) is 0. The van der Waals surface area contributed by atoms with Gasteiger partial charge in [-0.25, -0.2) is 4.79 Å². The second kappa shape index (κ2) is 6.26. The molecule has 0 saturated carbocycles. The van der Waals surface area contributed by atoms with Crippen LogP contribution >= 0.6 is 0 Å². The number of rotatable bonds is 4. The van der Waals surface area contributed by atoms with Crippen molar-refractivity contribution in [2.24, 2.45) is 0 Å². The Labute approximate surface area is 128 Å². The Balaban J connectivity index is 2.36. The minimum atomic E-state index is -1.07. The van der Waals surface area contributed by atoms with Gasteiger partial charge in [0.25, 0.3) is 0 Å². The lowest BCUT2D eigenvalue weighted by atomic mass is 10.0. The average Bonchev–Trinajstić information content (AvgIpc) is 2.48. The molecule has 0 aliphatic rings. The van der Waals surface area contributed by atoms with Crippen molar-refractivity contribution in [3.8, 4) is 5.75 Å². The molecule has 4 heteroatoms. The molecule has 0 amide bonds. The molecule has 112 valence electrons. The minimum absolute atomic E-state index is 0.0987. The third-order valence-electron chi connectivity index (χ3n) is 3.29. The molecule has 0 bridgehead atoms. The van der Waals surface area contributed by atoms with E-state index in [4.69, 9.17) is 5.11 Å².